The van der Waals surface area contributed by atoms with Crippen LogP contribution in [0.15, 0.2) is 47.4 Å². The van der Waals surface area contributed by atoms with Gasteiger partial charge in [-0.3, -0.25) is 14.4 Å². The number of aromatic nitrogens is 2. The number of nitrogens with one attached hydrogen (secondary N) is 3. The number of rotatable bonds is 5. The third-order valence-electron chi connectivity index (χ3n) is 5.29. The number of likely N-dealkylation sites (tertiary alicyclic amines) is 1. The number of hydrogen-bond acceptors (Lipinski definition) is 4. The number of piperidine rings is 1. The lowest BCUT2D eigenvalue weighted by Crippen LogP contribution is -2.47. The predicted octanol–water partition coefficient (Wildman–Crippen LogP) is 1.96. The monoisotopic (exact) mass is 408 g/mol. The number of pyridine rings is 1. The standard InChI is InChI=1S/C22H24N4O4/c1-14-10-19(27)20(12-23-14)30-13-21(28)24-16-6-8-26(9-7-16)22(29)18-11-15-4-2-3-5-17(15)25-18/h2-5,10-12,16,25H,6-9,13H2,1H3,(H,23,27)(H,24,28). The molecule has 0 unspecified atom stereocenters. The highest BCUT2D eigenvalue weighted by Crippen LogP contribution is 2.18. The molecule has 0 aliphatic carbocycles. The minimum absolute atomic E-state index is 0.0239. The van der Waals surface area contributed by atoms with Gasteiger partial charge in [-0.1, -0.05) is 18.2 Å². The molecule has 3 heterocycles. The summed E-state index contributed by atoms with van der Waals surface area (Å²) in [5.41, 5.74) is 1.99. The Kier molecular flexibility index (Phi) is 5.56. The van der Waals surface area contributed by atoms with E-state index in [2.05, 4.69) is 15.3 Å². The van der Waals surface area contributed by atoms with E-state index in [0.29, 0.717) is 31.6 Å². The van der Waals surface area contributed by atoms with Gasteiger partial charge in [0.25, 0.3) is 11.8 Å². The van der Waals surface area contributed by atoms with Crippen LogP contribution in [0.4, 0.5) is 0 Å². The Morgan fingerprint density at radius 3 is 2.70 bits per heavy atom. The van der Waals surface area contributed by atoms with Gasteiger partial charge in [0.15, 0.2) is 12.4 Å². The first-order valence-electron chi connectivity index (χ1n) is 9.98. The molecule has 1 aliphatic heterocycles. The van der Waals surface area contributed by atoms with Crippen molar-refractivity contribution < 1.29 is 14.3 Å². The molecule has 0 spiro atoms. The second-order valence-electron chi connectivity index (χ2n) is 7.54. The van der Waals surface area contributed by atoms with Crippen LogP contribution in [-0.4, -0.2) is 52.4 Å². The van der Waals surface area contributed by atoms with Gasteiger partial charge in [0, 0.05) is 48.0 Å². The van der Waals surface area contributed by atoms with Crippen LogP contribution in [0.5, 0.6) is 5.75 Å². The number of nitrogens with zero attached hydrogens (tertiary/aromatic N) is 1. The number of carbonyl (C=O) groups is 2. The lowest BCUT2D eigenvalue weighted by molar-refractivity contribution is -0.124. The molecule has 0 radical (unpaired) electrons. The van der Waals surface area contributed by atoms with E-state index in [0.717, 1.165) is 16.6 Å². The van der Waals surface area contributed by atoms with E-state index >= 15 is 0 Å². The van der Waals surface area contributed by atoms with Crippen molar-refractivity contribution in [3.8, 4) is 5.75 Å². The zero-order valence-corrected chi connectivity index (χ0v) is 16.7. The van der Waals surface area contributed by atoms with Crippen molar-refractivity contribution in [2.75, 3.05) is 19.7 Å². The Labute approximate surface area is 173 Å². The maximum atomic E-state index is 12.8. The van der Waals surface area contributed by atoms with Crippen LogP contribution in [0.1, 0.15) is 29.0 Å². The van der Waals surface area contributed by atoms with Gasteiger partial charge in [0.05, 0.1) is 0 Å². The number of aromatic amines is 2. The fraction of sp³-hybridized carbons (Fsp3) is 0.318. The molecule has 156 valence electrons. The van der Waals surface area contributed by atoms with Gasteiger partial charge < -0.3 is 24.9 Å². The molecule has 8 nitrogen and oxygen atoms in total. The first-order valence-corrected chi connectivity index (χ1v) is 9.98. The predicted molar refractivity (Wildman–Crippen MR) is 113 cm³/mol. The number of H-pyrrole nitrogens is 2. The fourth-order valence-corrected chi connectivity index (χ4v) is 3.67. The smallest absolute Gasteiger partial charge is 0.270 e. The molecule has 1 aliphatic rings. The maximum Gasteiger partial charge on any atom is 0.270 e. The number of carbonyl (C=O) groups excluding carboxylic acids is 2. The van der Waals surface area contributed by atoms with Crippen LogP contribution in [0.25, 0.3) is 10.9 Å². The second kappa shape index (κ2) is 8.44. The lowest BCUT2D eigenvalue weighted by atomic mass is 10.0. The molecule has 2 aromatic heterocycles. The number of hydrogen-bond donors (Lipinski definition) is 3. The van der Waals surface area contributed by atoms with Gasteiger partial charge >= 0.3 is 0 Å². The van der Waals surface area contributed by atoms with Crippen molar-refractivity contribution >= 4 is 22.7 Å². The van der Waals surface area contributed by atoms with Crippen molar-refractivity contribution in [1.29, 1.82) is 0 Å². The van der Waals surface area contributed by atoms with E-state index in [1.165, 1.54) is 12.3 Å². The molecule has 8 heteroatoms. The van der Waals surface area contributed by atoms with Crippen molar-refractivity contribution in [3.63, 3.8) is 0 Å². The highest BCUT2D eigenvalue weighted by atomic mass is 16.5. The highest BCUT2D eigenvalue weighted by molar-refractivity contribution is 5.98. The second-order valence-corrected chi connectivity index (χ2v) is 7.54. The minimum Gasteiger partial charge on any atom is -0.478 e. The Morgan fingerprint density at radius 1 is 1.20 bits per heavy atom. The third kappa shape index (κ3) is 4.37. The van der Waals surface area contributed by atoms with Gasteiger partial charge in [-0.15, -0.1) is 0 Å². The van der Waals surface area contributed by atoms with E-state index in [4.69, 9.17) is 4.74 Å². The van der Waals surface area contributed by atoms with E-state index in [-0.39, 0.29) is 35.6 Å². The molecule has 4 rings (SSSR count). The zero-order chi connectivity index (χ0) is 21.1. The summed E-state index contributed by atoms with van der Waals surface area (Å²) in [6.45, 7) is 2.68. The van der Waals surface area contributed by atoms with Crippen LogP contribution in [0, 0.1) is 6.92 Å². The summed E-state index contributed by atoms with van der Waals surface area (Å²) in [5.74, 6) is -0.192. The first-order chi connectivity index (χ1) is 14.5. The molecule has 3 aromatic rings. The van der Waals surface area contributed by atoms with Crippen molar-refractivity contribution in [2.45, 2.75) is 25.8 Å². The summed E-state index contributed by atoms with van der Waals surface area (Å²) in [5, 5.41) is 3.93. The van der Waals surface area contributed by atoms with Crippen molar-refractivity contribution in [3.05, 3.63) is 64.2 Å². The van der Waals surface area contributed by atoms with Gasteiger partial charge in [0.2, 0.25) is 5.43 Å². The van der Waals surface area contributed by atoms with Gasteiger partial charge in [-0.05, 0) is 31.9 Å². The average molecular weight is 408 g/mol. The molecule has 0 saturated carbocycles. The molecule has 3 N–H and O–H groups in total. The number of aryl methyl sites for hydroxylation is 1. The number of ether oxygens (including phenoxy) is 1. The number of amides is 2. The fourth-order valence-electron chi connectivity index (χ4n) is 3.67. The molecule has 0 bridgehead atoms. The van der Waals surface area contributed by atoms with Crippen molar-refractivity contribution in [1.82, 2.24) is 20.2 Å². The lowest BCUT2D eigenvalue weighted by Gasteiger charge is -2.32. The van der Waals surface area contributed by atoms with Gasteiger partial charge in [0.1, 0.15) is 5.69 Å². The topological polar surface area (TPSA) is 107 Å². The SMILES string of the molecule is Cc1cc(=O)c(OCC(=O)NC2CCN(C(=O)c3cc4ccccc4[nH]3)CC2)c[nH]1. The Morgan fingerprint density at radius 2 is 1.97 bits per heavy atom. The maximum absolute atomic E-state index is 12.8. The molecular formula is C22H24N4O4. The highest BCUT2D eigenvalue weighted by Gasteiger charge is 2.25. The van der Waals surface area contributed by atoms with Crippen LogP contribution in [0.2, 0.25) is 0 Å². The minimum atomic E-state index is -0.282. The first kappa shape index (κ1) is 19.8. The number of benzene rings is 1. The van der Waals surface area contributed by atoms with Crippen LogP contribution in [0.3, 0.4) is 0 Å². The summed E-state index contributed by atoms with van der Waals surface area (Å²) >= 11 is 0. The van der Waals surface area contributed by atoms with Gasteiger partial charge in [-0.2, -0.15) is 0 Å². The Hall–Kier alpha value is -3.55. The van der Waals surface area contributed by atoms with Crippen molar-refractivity contribution in [2.24, 2.45) is 0 Å². The average Bonchev–Trinajstić information content (AvgIpc) is 3.17. The molecule has 30 heavy (non-hydrogen) atoms. The molecule has 0 atom stereocenters. The van der Waals surface area contributed by atoms with Crippen LogP contribution in [-0.2, 0) is 4.79 Å². The summed E-state index contributed by atoms with van der Waals surface area (Å²) in [7, 11) is 0. The third-order valence-corrected chi connectivity index (χ3v) is 5.29. The van der Waals surface area contributed by atoms with E-state index in [1.807, 2.05) is 30.3 Å². The van der Waals surface area contributed by atoms with E-state index < -0.39 is 0 Å². The van der Waals surface area contributed by atoms with E-state index in [9.17, 15) is 14.4 Å². The summed E-state index contributed by atoms with van der Waals surface area (Å²) in [6.07, 6.45) is 2.80. The number of fused-ring (bicyclic) bond motifs is 1. The summed E-state index contributed by atoms with van der Waals surface area (Å²) in [6, 6.07) is 11.1. The normalized spacial score (nSPS) is 14.6. The molecule has 1 aromatic carbocycles. The van der Waals surface area contributed by atoms with Crippen LogP contribution < -0.4 is 15.5 Å². The van der Waals surface area contributed by atoms with Gasteiger partial charge in [-0.25, -0.2) is 0 Å². The zero-order valence-electron chi connectivity index (χ0n) is 16.7. The molecular weight excluding hydrogens is 384 g/mol. The van der Waals surface area contributed by atoms with E-state index in [1.54, 1.807) is 11.8 Å². The number of para-hydroxylation sites is 1. The Balaban J connectivity index is 1.26. The Bertz CT molecular complexity index is 1090. The molecule has 1 saturated heterocycles. The molecule has 1 fully saturated rings. The quantitative estimate of drug-likeness (QED) is 0.600. The summed E-state index contributed by atoms with van der Waals surface area (Å²) < 4.78 is 5.32. The summed E-state index contributed by atoms with van der Waals surface area (Å²) in [4.78, 5) is 44.6. The molecule has 2 amide bonds. The largest absolute Gasteiger partial charge is 0.478 e. The van der Waals surface area contributed by atoms with Crippen LogP contribution >= 0.6 is 0 Å².